The van der Waals surface area contributed by atoms with Crippen molar-refractivity contribution in [3.05, 3.63) is 47.1 Å². The number of benzene rings is 1. The first-order valence-electron chi connectivity index (χ1n) is 9.52. The van der Waals surface area contributed by atoms with E-state index in [0.29, 0.717) is 24.3 Å². The van der Waals surface area contributed by atoms with E-state index < -0.39 is 10.0 Å². The molecule has 29 heavy (non-hydrogen) atoms. The number of sulfonamides is 1. The van der Waals surface area contributed by atoms with Gasteiger partial charge in [-0.15, -0.1) is 11.3 Å². The summed E-state index contributed by atoms with van der Waals surface area (Å²) in [6, 6.07) is 9.69. The van der Waals surface area contributed by atoms with E-state index in [9.17, 15) is 8.42 Å². The van der Waals surface area contributed by atoms with Crippen molar-refractivity contribution in [1.82, 2.24) is 14.5 Å². The fourth-order valence-corrected chi connectivity index (χ4v) is 5.58. The predicted octanol–water partition coefficient (Wildman–Crippen LogP) is 3.46. The van der Waals surface area contributed by atoms with Crippen molar-refractivity contribution in [1.29, 1.82) is 0 Å². The number of aromatic nitrogens is 3. The first-order valence-corrected chi connectivity index (χ1v) is 11.9. The van der Waals surface area contributed by atoms with Gasteiger partial charge in [-0.2, -0.15) is 0 Å². The van der Waals surface area contributed by atoms with Crippen LogP contribution in [0.4, 0.5) is 5.82 Å². The quantitative estimate of drug-likeness (QED) is 0.466. The summed E-state index contributed by atoms with van der Waals surface area (Å²) >= 11 is 1.15. The molecule has 4 aromatic rings. The van der Waals surface area contributed by atoms with Crippen molar-refractivity contribution in [3.8, 4) is 0 Å². The number of aryl methyl sites for hydroxylation is 3. The minimum absolute atomic E-state index is 0.225. The third-order valence-corrected chi connectivity index (χ3v) is 7.53. The van der Waals surface area contributed by atoms with Gasteiger partial charge in [0, 0.05) is 18.4 Å². The fourth-order valence-electron chi connectivity index (χ4n) is 3.66. The zero-order chi connectivity index (χ0) is 20.6. The number of imidazole rings is 1. The van der Waals surface area contributed by atoms with Crippen LogP contribution >= 0.6 is 11.3 Å². The van der Waals surface area contributed by atoms with Crippen molar-refractivity contribution < 1.29 is 8.42 Å². The zero-order valence-corrected chi connectivity index (χ0v) is 17.8. The molecule has 0 amide bonds. The highest BCUT2D eigenvalue weighted by molar-refractivity contribution is 7.91. The molecule has 0 fully saturated rings. The Kier molecular flexibility index (Phi) is 5.28. The summed E-state index contributed by atoms with van der Waals surface area (Å²) in [6.45, 7) is 2.73. The highest BCUT2D eigenvalue weighted by Gasteiger charge is 2.19. The number of para-hydroxylation sites is 1. The van der Waals surface area contributed by atoms with Crippen LogP contribution in [0.5, 0.6) is 0 Å². The Morgan fingerprint density at radius 3 is 2.69 bits per heavy atom. The van der Waals surface area contributed by atoms with Crippen molar-refractivity contribution in [2.24, 2.45) is 5.14 Å². The molecule has 7 nitrogen and oxygen atoms in total. The van der Waals surface area contributed by atoms with E-state index >= 15 is 0 Å². The van der Waals surface area contributed by atoms with E-state index in [2.05, 4.69) is 16.5 Å². The van der Waals surface area contributed by atoms with Crippen LogP contribution in [-0.4, -0.2) is 23.0 Å². The second-order valence-corrected chi connectivity index (χ2v) is 9.70. The third kappa shape index (κ3) is 3.73. The van der Waals surface area contributed by atoms with E-state index in [4.69, 9.17) is 15.9 Å². The third-order valence-electron chi connectivity index (χ3n) is 5.01. The molecule has 3 aromatic heterocycles. The average Bonchev–Trinajstić information content (AvgIpc) is 3.29. The highest BCUT2D eigenvalue weighted by atomic mass is 32.2. The Hall–Kier alpha value is -2.49. The lowest BCUT2D eigenvalue weighted by molar-refractivity contribution is 0.597. The summed E-state index contributed by atoms with van der Waals surface area (Å²) in [4.78, 5) is 9.31. The van der Waals surface area contributed by atoms with Crippen LogP contribution in [-0.2, 0) is 29.4 Å². The Bertz CT molecular complexity index is 1290. The number of fused-ring (bicyclic) bond motifs is 3. The molecule has 4 N–H and O–H groups in total. The van der Waals surface area contributed by atoms with Gasteiger partial charge < -0.3 is 10.3 Å². The molecule has 0 radical (unpaired) electrons. The van der Waals surface area contributed by atoms with E-state index in [1.54, 1.807) is 5.38 Å². The lowest BCUT2D eigenvalue weighted by Crippen LogP contribution is -2.13. The van der Waals surface area contributed by atoms with E-state index in [1.165, 1.54) is 0 Å². The monoisotopic (exact) mass is 429 g/mol. The first-order chi connectivity index (χ1) is 13.9. The standard InChI is InChI=1S/C20H23N5O2S2/c1-2-3-8-16-24-17-18(14-6-4-5-7-15(14)23-19(17)21)25(16)11-9-13-10-12-28-20(13)29(22,26)27/h4-7,10,12H,2-3,8-9,11H2,1H3,(H2,21,23)(H2,22,26,27). The Balaban J connectivity index is 1.84. The molecule has 0 bridgehead atoms. The molecule has 0 atom stereocenters. The maximum Gasteiger partial charge on any atom is 0.247 e. The van der Waals surface area contributed by atoms with Crippen LogP contribution in [0.3, 0.4) is 0 Å². The topological polar surface area (TPSA) is 117 Å². The number of thiophene rings is 1. The molecular formula is C20H23N5O2S2. The molecular weight excluding hydrogens is 406 g/mol. The normalized spacial score (nSPS) is 12.2. The summed E-state index contributed by atoms with van der Waals surface area (Å²) in [6.07, 6.45) is 3.42. The van der Waals surface area contributed by atoms with Crippen LogP contribution in [0.25, 0.3) is 21.9 Å². The molecule has 0 saturated heterocycles. The Morgan fingerprint density at radius 1 is 1.14 bits per heavy atom. The zero-order valence-electron chi connectivity index (χ0n) is 16.1. The van der Waals surface area contributed by atoms with E-state index in [1.807, 2.05) is 30.3 Å². The van der Waals surface area contributed by atoms with Gasteiger partial charge in [0.2, 0.25) is 10.0 Å². The maximum absolute atomic E-state index is 11.9. The summed E-state index contributed by atoms with van der Waals surface area (Å²) in [7, 11) is -3.73. The van der Waals surface area contributed by atoms with Crippen LogP contribution in [0.15, 0.2) is 39.9 Å². The molecule has 0 saturated carbocycles. The number of anilines is 1. The second kappa shape index (κ2) is 7.74. The van der Waals surface area contributed by atoms with Crippen molar-refractivity contribution >= 4 is 49.1 Å². The minimum Gasteiger partial charge on any atom is -0.382 e. The molecule has 3 heterocycles. The van der Waals surface area contributed by atoms with Crippen molar-refractivity contribution in [3.63, 3.8) is 0 Å². The number of rotatable bonds is 7. The summed E-state index contributed by atoms with van der Waals surface area (Å²) < 4.78 is 26.1. The molecule has 0 unspecified atom stereocenters. The van der Waals surface area contributed by atoms with Gasteiger partial charge in [-0.3, -0.25) is 0 Å². The molecule has 152 valence electrons. The average molecular weight is 430 g/mol. The highest BCUT2D eigenvalue weighted by Crippen LogP contribution is 2.30. The first kappa shape index (κ1) is 19.8. The molecule has 0 aliphatic carbocycles. The SMILES string of the molecule is CCCCc1nc2c(N)nc3ccccc3c2n1CCc1ccsc1S(N)(=O)=O. The van der Waals surface area contributed by atoms with Crippen LogP contribution in [0.1, 0.15) is 31.2 Å². The van der Waals surface area contributed by atoms with Gasteiger partial charge in [0.15, 0.2) is 5.82 Å². The Morgan fingerprint density at radius 2 is 1.93 bits per heavy atom. The number of primary sulfonamides is 1. The molecule has 1 aromatic carbocycles. The summed E-state index contributed by atoms with van der Waals surface area (Å²) in [5.41, 5.74) is 9.42. The van der Waals surface area contributed by atoms with E-state index in [-0.39, 0.29) is 4.21 Å². The molecule has 0 spiro atoms. The van der Waals surface area contributed by atoms with Gasteiger partial charge in [-0.25, -0.2) is 23.5 Å². The van der Waals surface area contributed by atoms with Gasteiger partial charge in [-0.05, 0) is 35.9 Å². The molecule has 9 heteroatoms. The number of nitrogens with zero attached hydrogens (tertiary/aromatic N) is 3. The largest absolute Gasteiger partial charge is 0.382 e. The van der Waals surface area contributed by atoms with Gasteiger partial charge in [0.1, 0.15) is 15.6 Å². The number of hydrogen-bond donors (Lipinski definition) is 2. The van der Waals surface area contributed by atoms with E-state index in [0.717, 1.165) is 58.4 Å². The van der Waals surface area contributed by atoms with Crippen molar-refractivity contribution in [2.75, 3.05) is 5.73 Å². The number of nitrogen functional groups attached to an aromatic ring is 1. The fraction of sp³-hybridized carbons (Fsp3) is 0.300. The second-order valence-electron chi connectivity index (χ2n) is 7.02. The molecule has 4 rings (SSSR count). The minimum atomic E-state index is -3.73. The van der Waals surface area contributed by atoms with Crippen LogP contribution < -0.4 is 10.9 Å². The Labute approximate surface area is 173 Å². The number of hydrogen-bond acceptors (Lipinski definition) is 6. The van der Waals surface area contributed by atoms with Gasteiger partial charge >= 0.3 is 0 Å². The number of pyridine rings is 1. The lowest BCUT2D eigenvalue weighted by Gasteiger charge is -2.11. The smallest absolute Gasteiger partial charge is 0.247 e. The van der Waals surface area contributed by atoms with Gasteiger partial charge in [0.05, 0.1) is 11.0 Å². The summed E-state index contributed by atoms with van der Waals surface area (Å²) in [5.74, 6) is 1.36. The van der Waals surface area contributed by atoms with Gasteiger partial charge in [0.25, 0.3) is 0 Å². The predicted molar refractivity (Wildman–Crippen MR) is 117 cm³/mol. The molecule has 0 aliphatic heterocycles. The maximum atomic E-state index is 11.9. The van der Waals surface area contributed by atoms with Gasteiger partial charge in [-0.1, -0.05) is 31.5 Å². The summed E-state index contributed by atoms with van der Waals surface area (Å²) in [5, 5.41) is 8.12. The van der Waals surface area contributed by atoms with Crippen LogP contribution in [0.2, 0.25) is 0 Å². The van der Waals surface area contributed by atoms with Crippen molar-refractivity contribution in [2.45, 2.75) is 43.4 Å². The molecule has 0 aliphatic rings. The lowest BCUT2D eigenvalue weighted by atomic mass is 10.1. The number of nitrogens with two attached hydrogens (primary N) is 2. The number of unbranched alkanes of at least 4 members (excludes halogenated alkanes) is 1. The van der Waals surface area contributed by atoms with Crippen LogP contribution in [0, 0.1) is 0 Å².